The first-order valence-corrected chi connectivity index (χ1v) is 11.1. The van der Waals surface area contributed by atoms with Crippen molar-refractivity contribution >= 4 is 34.4 Å². The average Bonchev–Trinajstić information content (AvgIpc) is 2.88. The molecule has 0 unspecified atom stereocenters. The van der Waals surface area contributed by atoms with E-state index in [2.05, 4.69) is 15.4 Å². The summed E-state index contributed by atoms with van der Waals surface area (Å²) in [6.45, 7) is 1.31. The number of carbonyl (C=O) groups excluding carboxylic acids is 1. The first-order valence-electron chi connectivity index (χ1n) is 11.1. The summed E-state index contributed by atoms with van der Waals surface area (Å²) >= 11 is 0. The molecule has 0 bridgehead atoms. The summed E-state index contributed by atoms with van der Waals surface area (Å²) in [7, 11) is 0. The molecule has 0 aliphatic carbocycles. The fraction of sp³-hybridized carbons (Fsp3) is 0.120. The number of nitrogens with one attached hydrogen (secondary N) is 2. The Kier molecular flexibility index (Phi) is 7.38. The van der Waals surface area contributed by atoms with Gasteiger partial charge in [-0.05, 0) is 37.3 Å². The van der Waals surface area contributed by atoms with Crippen LogP contribution in [0.2, 0.25) is 0 Å². The molecular weight excluding hydrogens is 482 g/mol. The van der Waals surface area contributed by atoms with E-state index in [0.717, 1.165) is 12.3 Å². The molecule has 0 atom stereocenters. The van der Waals surface area contributed by atoms with Gasteiger partial charge in [-0.1, -0.05) is 30.3 Å². The average molecular weight is 503 g/mol. The molecule has 0 spiro atoms. The second-order valence-corrected chi connectivity index (χ2v) is 7.60. The molecule has 4 aromatic rings. The fourth-order valence-corrected chi connectivity index (χ4v) is 3.46. The van der Waals surface area contributed by atoms with Gasteiger partial charge in [0.25, 0.3) is 11.5 Å². The van der Waals surface area contributed by atoms with Crippen LogP contribution in [0, 0.1) is 10.1 Å². The molecule has 4 rings (SSSR count). The Morgan fingerprint density at radius 1 is 1.11 bits per heavy atom. The number of benzene rings is 3. The van der Waals surface area contributed by atoms with E-state index in [0.29, 0.717) is 15.9 Å². The third-order valence-electron chi connectivity index (χ3n) is 5.07. The summed E-state index contributed by atoms with van der Waals surface area (Å²) in [6.07, 6.45) is 1.12. The van der Waals surface area contributed by atoms with E-state index >= 15 is 0 Å². The normalized spacial score (nSPS) is 10.9. The molecule has 0 aliphatic rings. The minimum atomic E-state index is -0.774. The van der Waals surface area contributed by atoms with Crippen molar-refractivity contribution in [3.05, 3.63) is 103 Å². The van der Waals surface area contributed by atoms with Crippen molar-refractivity contribution in [3.63, 3.8) is 0 Å². The molecular formula is C25H21N5O7. The van der Waals surface area contributed by atoms with E-state index in [1.807, 2.05) is 0 Å². The van der Waals surface area contributed by atoms with Crippen LogP contribution in [-0.2, 0) is 4.79 Å². The zero-order chi connectivity index (χ0) is 26.4. The van der Waals surface area contributed by atoms with Crippen LogP contribution in [-0.4, -0.2) is 39.9 Å². The highest BCUT2D eigenvalue weighted by Crippen LogP contribution is 2.38. The summed E-state index contributed by atoms with van der Waals surface area (Å²) in [5, 5.41) is 18.6. The quantitative estimate of drug-likeness (QED) is 0.202. The van der Waals surface area contributed by atoms with Gasteiger partial charge in [0.15, 0.2) is 12.4 Å². The standard InChI is InChI=1S/C25H21N5O7/c1-2-36-21-13-16(14-26-29-24(32)18-10-6-7-11-19(18)28-25(29)33)12-20(30(34)35)23(21)37-15-22(31)27-17-8-4-3-5-9-17/h3-14H,2,15H2,1H3,(H,27,31)(H,28,33). The maximum atomic E-state index is 12.7. The number of hydrogen-bond donors (Lipinski definition) is 2. The number of carbonyl (C=O) groups is 1. The molecule has 1 amide bonds. The minimum absolute atomic E-state index is 0.00886. The third kappa shape index (κ3) is 5.70. The zero-order valence-electron chi connectivity index (χ0n) is 19.5. The monoisotopic (exact) mass is 503 g/mol. The summed E-state index contributed by atoms with van der Waals surface area (Å²) in [5.74, 6) is -0.776. The number of hydrogen-bond acceptors (Lipinski definition) is 8. The first kappa shape index (κ1) is 24.9. The Balaban J connectivity index is 1.65. The highest BCUT2D eigenvalue weighted by Gasteiger charge is 2.23. The predicted octanol–water partition coefficient (Wildman–Crippen LogP) is 2.90. The van der Waals surface area contributed by atoms with Crippen molar-refractivity contribution in [1.82, 2.24) is 9.66 Å². The third-order valence-corrected chi connectivity index (χ3v) is 5.07. The molecule has 0 saturated heterocycles. The molecule has 1 heterocycles. The Labute approximate surface area is 208 Å². The Morgan fingerprint density at radius 3 is 2.57 bits per heavy atom. The van der Waals surface area contributed by atoms with Crippen molar-refractivity contribution in [3.8, 4) is 11.5 Å². The lowest BCUT2D eigenvalue weighted by Crippen LogP contribution is -2.32. The van der Waals surface area contributed by atoms with Crippen molar-refractivity contribution in [2.24, 2.45) is 5.10 Å². The molecule has 0 fully saturated rings. The molecule has 37 heavy (non-hydrogen) atoms. The lowest BCUT2D eigenvalue weighted by atomic mass is 10.2. The van der Waals surface area contributed by atoms with Crippen LogP contribution in [0.4, 0.5) is 11.4 Å². The highest BCUT2D eigenvalue weighted by atomic mass is 16.6. The number of ether oxygens (including phenoxy) is 2. The number of nitro benzene ring substituents is 1. The molecule has 0 radical (unpaired) electrons. The van der Waals surface area contributed by atoms with Gasteiger partial charge in [-0.15, -0.1) is 4.68 Å². The fourth-order valence-electron chi connectivity index (χ4n) is 3.46. The van der Waals surface area contributed by atoms with Crippen molar-refractivity contribution < 1.29 is 19.2 Å². The lowest BCUT2D eigenvalue weighted by molar-refractivity contribution is -0.385. The second kappa shape index (κ2) is 11.0. The largest absolute Gasteiger partial charge is 0.490 e. The van der Waals surface area contributed by atoms with Crippen LogP contribution in [0.25, 0.3) is 10.9 Å². The van der Waals surface area contributed by atoms with Crippen LogP contribution < -0.4 is 26.0 Å². The highest BCUT2D eigenvalue weighted by molar-refractivity contribution is 5.92. The Bertz CT molecular complexity index is 1610. The van der Waals surface area contributed by atoms with E-state index in [1.54, 1.807) is 55.5 Å². The molecule has 1 aromatic heterocycles. The number of fused-ring (bicyclic) bond motifs is 1. The van der Waals surface area contributed by atoms with E-state index in [9.17, 15) is 24.5 Å². The predicted molar refractivity (Wildman–Crippen MR) is 137 cm³/mol. The smallest absolute Gasteiger partial charge is 0.349 e. The molecule has 12 heteroatoms. The van der Waals surface area contributed by atoms with Crippen molar-refractivity contribution in [2.45, 2.75) is 6.92 Å². The Hall–Kier alpha value is -5.26. The van der Waals surface area contributed by atoms with Gasteiger partial charge < -0.3 is 19.8 Å². The number of nitro groups is 1. The van der Waals surface area contributed by atoms with Gasteiger partial charge in [0, 0.05) is 17.3 Å². The molecule has 0 saturated carbocycles. The summed E-state index contributed by atoms with van der Waals surface area (Å²) in [6, 6.07) is 17.6. The van der Waals surface area contributed by atoms with E-state index < -0.39 is 34.4 Å². The van der Waals surface area contributed by atoms with Gasteiger partial charge in [-0.25, -0.2) is 4.79 Å². The maximum absolute atomic E-state index is 12.7. The van der Waals surface area contributed by atoms with Crippen LogP contribution in [0.15, 0.2) is 81.4 Å². The number of amides is 1. The summed E-state index contributed by atoms with van der Waals surface area (Å²) < 4.78 is 11.6. The van der Waals surface area contributed by atoms with Crippen LogP contribution in [0.5, 0.6) is 11.5 Å². The van der Waals surface area contributed by atoms with Gasteiger partial charge in [0.05, 0.1) is 28.6 Å². The number of aromatic amines is 1. The van der Waals surface area contributed by atoms with Gasteiger partial charge in [-0.2, -0.15) is 5.10 Å². The Morgan fingerprint density at radius 2 is 1.84 bits per heavy atom. The van der Waals surface area contributed by atoms with Gasteiger partial charge >= 0.3 is 11.4 Å². The van der Waals surface area contributed by atoms with Crippen LogP contribution >= 0.6 is 0 Å². The molecule has 0 aliphatic heterocycles. The maximum Gasteiger partial charge on any atom is 0.349 e. The molecule has 2 N–H and O–H groups in total. The molecule has 3 aromatic carbocycles. The lowest BCUT2D eigenvalue weighted by Gasteiger charge is -2.13. The van der Waals surface area contributed by atoms with E-state index in [1.165, 1.54) is 12.1 Å². The van der Waals surface area contributed by atoms with E-state index in [4.69, 9.17) is 9.47 Å². The summed E-state index contributed by atoms with van der Waals surface area (Å²) in [5.41, 5.74) is -0.851. The second-order valence-electron chi connectivity index (χ2n) is 7.60. The first-order chi connectivity index (χ1) is 17.9. The van der Waals surface area contributed by atoms with E-state index in [-0.39, 0.29) is 29.1 Å². The van der Waals surface area contributed by atoms with Gasteiger partial charge in [-0.3, -0.25) is 19.7 Å². The molecule has 12 nitrogen and oxygen atoms in total. The minimum Gasteiger partial charge on any atom is -0.490 e. The molecule has 188 valence electrons. The van der Waals surface area contributed by atoms with Crippen LogP contribution in [0.3, 0.4) is 0 Å². The number of para-hydroxylation sites is 2. The van der Waals surface area contributed by atoms with Crippen LogP contribution in [0.1, 0.15) is 12.5 Å². The number of anilines is 1. The SMILES string of the molecule is CCOc1cc(C=Nn2c(=O)[nH]c3ccccc3c2=O)cc([N+](=O)[O-])c1OCC(=O)Nc1ccccc1. The topological polar surface area (TPSA) is 158 Å². The van der Waals surface area contributed by atoms with Crippen molar-refractivity contribution in [2.75, 3.05) is 18.5 Å². The van der Waals surface area contributed by atoms with Gasteiger partial charge in [0.2, 0.25) is 5.75 Å². The number of nitrogens with zero attached hydrogens (tertiary/aromatic N) is 3. The summed E-state index contributed by atoms with van der Waals surface area (Å²) in [4.78, 5) is 51.0. The van der Waals surface area contributed by atoms with Gasteiger partial charge in [0.1, 0.15) is 0 Å². The number of rotatable bonds is 9. The number of aromatic nitrogens is 2. The number of H-pyrrole nitrogens is 1. The van der Waals surface area contributed by atoms with Crippen molar-refractivity contribution in [1.29, 1.82) is 0 Å². The zero-order valence-corrected chi connectivity index (χ0v) is 19.5.